The van der Waals surface area contributed by atoms with Gasteiger partial charge in [-0.15, -0.1) is 0 Å². The normalized spacial score (nSPS) is 17.1. The highest BCUT2D eigenvalue weighted by Crippen LogP contribution is 2.20. The Morgan fingerprint density at radius 2 is 1.69 bits per heavy atom. The summed E-state index contributed by atoms with van der Waals surface area (Å²) >= 11 is 0. The molecule has 1 aliphatic heterocycles. The summed E-state index contributed by atoms with van der Waals surface area (Å²) in [5.41, 5.74) is -0.332. The molecule has 0 radical (unpaired) electrons. The molecule has 1 atom stereocenters. The van der Waals surface area contributed by atoms with Crippen LogP contribution in [0.25, 0.3) is 0 Å². The van der Waals surface area contributed by atoms with Crippen LogP contribution in [-0.4, -0.2) is 81.3 Å². The minimum Gasteiger partial charge on any atom is -0.347 e. The average Bonchev–Trinajstić information content (AvgIpc) is 2.60. The van der Waals surface area contributed by atoms with Crippen molar-refractivity contribution in [3.05, 3.63) is 30.1 Å². The lowest BCUT2D eigenvalue weighted by Gasteiger charge is -2.34. The molecule has 2 rings (SSSR count). The van der Waals surface area contributed by atoms with Crippen LogP contribution >= 0.6 is 0 Å². The maximum atomic E-state index is 13.9. The first-order valence-corrected chi connectivity index (χ1v) is 11.0. The van der Waals surface area contributed by atoms with Crippen LogP contribution in [0.15, 0.2) is 29.2 Å². The smallest absolute Gasteiger partial charge is 0.277 e. The molecule has 10 heteroatoms. The van der Waals surface area contributed by atoms with E-state index in [2.05, 4.69) is 5.32 Å². The van der Waals surface area contributed by atoms with Crippen LogP contribution in [0.1, 0.15) is 20.8 Å². The van der Waals surface area contributed by atoms with Crippen LogP contribution in [0.2, 0.25) is 0 Å². The number of carbonyl (C=O) groups excluding carboxylic acids is 2. The van der Waals surface area contributed by atoms with Crippen LogP contribution in [0.4, 0.5) is 4.39 Å². The highest BCUT2D eigenvalue weighted by molar-refractivity contribution is 7.89. The molecule has 0 spiro atoms. The number of carbonyl (C=O) groups is 2. The van der Waals surface area contributed by atoms with Gasteiger partial charge in [0.1, 0.15) is 10.7 Å². The lowest BCUT2D eigenvalue weighted by atomic mass is 10.1. The van der Waals surface area contributed by atoms with Crippen LogP contribution < -0.4 is 10.2 Å². The van der Waals surface area contributed by atoms with E-state index in [1.54, 1.807) is 11.9 Å². The minimum atomic E-state index is -3.94. The number of hydrogen-bond donors (Lipinski definition) is 2. The van der Waals surface area contributed by atoms with Gasteiger partial charge in [0.2, 0.25) is 10.0 Å². The Bertz CT molecular complexity index is 846. The summed E-state index contributed by atoms with van der Waals surface area (Å²) in [6.07, 6.45) is 0. The number of benzene rings is 1. The van der Waals surface area contributed by atoms with E-state index in [4.69, 9.17) is 0 Å². The van der Waals surface area contributed by atoms with Crippen molar-refractivity contribution in [2.24, 2.45) is 0 Å². The van der Waals surface area contributed by atoms with Gasteiger partial charge >= 0.3 is 0 Å². The molecule has 1 aromatic rings. The molecule has 29 heavy (non-hydrogen) atoms. The third-order valence-electron chi connectivity index (χ3n) is 4.48. The number of likely N-dealkylation sites (N-methyl/N-ethyl adjacent to an activating group) is 1. The summed E-state index contributed by atoms with van der Waals surface area (Å²) in [5.74, 6) is -1.07. The van der Waals surface area contributed by atoms with E-state index >= 15 is 0 Å². The topological polar surface area (TPSA) is 91.2 Å². The molecule has 0 aromatic heterocycles. The van der Waals surface area contributed by atoms with Gasteiger partial charge in [0.15, 0.2) is 13.1 Å². The number of sulfonamides is 1. The second-order valence-corrected chi connectivity index (χ2v) is 10.2. The van der Waals surface area contributed by atoms with Crippen molar-refractivity contribution in [2.45, 2.75) is 31.2 Å². The second kappa shape index (κ2) is 9.19. The van der Waals surface area contributed by atoms with Crippen molar-refractivity contribution in [3.8, 4) is 0 Å². The summed E-state index contributed by atoms with van der Waals surface area (Å²) in [5, 5.41) is 2.86. The van der Waals surface area contributed by atoms with E-state index < -0.39 is 15.8 Å². The van der Waals surface area contributed by atoms with E-state index in [-0.39, 0.29) is 61.5 Å². The lowest BCUT2D eigenvalue weighted by Crippen LogP contribution is -3.11. The quantitative estimate of drug-likeness (QED) is 0.613. The number of hydrogen-bond acceptors (Lipinski definition) is 4. The van der Waals surface area contributed by atoms with Gasteiger partial charge in [-0.2, -0.15) is 4.31 Å². The van der Waals surface area contributed by atoms with Crippen molar-refractivity contribution in [1.82, 2.24) is 14.5 Å². The maximum Gasteiger partial charge on any atom is 0.277 e. The predicted molar refractivity (Wildman–Crippen MR) is 106 cm³/mol. The highest BCUT2D eigenvalue weighted by atomic mass is 32.2. The maximum absolute atomic E-state index is 13.9. The van der Waals surface area contributed by atoms with Crippen LogP contribution in [-0.2, 0) is 19.6 Å². The fourth-order valence-electron chi connectivity index (χ4n) is 3.14. The zero-order chi connectivity index (χ0) is 21.8. The number of nitrogens with zero attached hydrogens (tertiary/aromatic N) is 2. The Morgan fingerprint density at radius 1 is 1.10 bits per heavy atom. The number of quaternary nitrogens is 1. The van der Waals surface area contributed by atoms with E-state index in [9.17, 15) is 22.4 Å². The van der Waals surface area contributed by atoms with E-state index in [1.807, 2.05) is 20.8 Å². The number of nitrogens with one attached hydrogen (secondary N) is 2. The summed E-state index contributed by atoms with van der Waals surface area (Å²) in [4.78, 5) is 26.5. The van der Waals surface area contributed by atoms with Crippen LogP contribution in [0.5, 0.6) is 0 Å². The summed E-state index contributed by atoms with van der Waals surface area (Å²) in [6, 6.07) is 5.26. The molecule has 8 nitrogen and oxygen atoms in total. The number of rotatable bonds is 6. The third kappa shape index (κ3) is 6.48. The summed E-state index contributed by atoms with van der Waals surface area (Å²) in [7, 11) is -2.17. The van der Waals surface area contributed by atoms with E-state index in [1.165, 1.54) is 22.5 Å². The number of piperazine rings is 1. The van der Waals surface area contributed by atoms with Gasteiger partial charge in [0.25, 0.3) is 11.8 Å². The number of amides is 2. The number of halogens is 1. The molecule has 0 aliphatic carbocycles. The van der Waals surface area contributed by atoms with Crippen molar-refractivity contribution >= 4 is 21.8 Å². The molecule has 0 bridgehead atoms. The van der Waals surface area contributed by atoms with Gasteiger partial charge in [0.05, 0.1) is 7.05 Å². The molecule has 2 amide bonds. The van der Waals surface area contributed by atoms with Crippen LogP contribution in [0.3, 0.4) is 0 Å². The third-order valence-corrected chi connectivity index (χ3v) is 6.41. The molecule has 162 valence electrons. The zero-order valence-electron chi connectivity index (χ0n) is 17.4. The first-order valence-electron chi connectivity index (χ1n) is 9.55. The first-order chi connectivity index (χ1) is 13.4. The van der Waals surface area contributed by atoms with Gasteiger partial charge in [-0.3, -0.25) is 9.59 Å². The molecular formula is C19H30FN4O4S+. The Hall–Kier alpha value is -2.04. The van der Waals surface area contributed by atoms with Crippen molar-refractivity contribution in [2.75, 3.05) is 46.3 Å². The summed E-state index contributed by atoms with van der Waals surface area (Å²) in [6.45, 7) is 6.64. The Morgan fingerprint density at radius 3 is 2.24 bits per heavy atom. The summed E-state index contributed by atoms with van der Waals surface area (Å²) < 4.78 is 40.4. The molecular weight excluding hydrogens is 399 g/mol. The Kier molecular flexibility index (Phi) is 7.36. The Balaban J connectivity index is 1.88. The molecule has 1 fully saturated rings. The molecule has 1 aromatic carbocycles. The molecule has 1 aliphatic rings. The lowest BCUT2D eigenvalue weighted by molar-refractivity contribution is -0.863. The highest BCUT2D eigenvalue weighted by Gasteiger charge is 2.32. The fraction of sp³-hybridized carbons (Fsp3) is 0.579. The van der Waals surface area contributed by atoms with Gasteiger partial charge < -0.3 is 15.1 Å². The minimum absolute atomic E-state index is 0.103. The zero-order valence-corrected chi connectivity index (χ0v) is 18.2. The molecule has 2 N–H and O–H groups in total. The van der Waals surface area contributed by atoms with Crippen molar-refractivity contribution in [3.63, 3.8) is 0 Å². The molecule has 1 saturated heterocycles. The monoisotopic (exact) mass is 429 g/mol. The first kappa shape index (κ1) is 23.2. The van der Waals surface area contributed by atoms with Crippen molar-refractivity contribution < 1.29 is 27.3 Å². The predicted octanol–water partition coefficient (Wildman–Crippen LogP) is -0.912. The second-order valence-electron chi connectivity index (χ2n) is 8.32. The van der Waals surface area contributed by atoms with E-state index in [0.717, 1.165) is 11.0 Å². The molecule has 1 heterocycles. The van der Waals surface area contributed by atoms with Gasteiger partial charge in [-0.25, -0.2) is 12.8 Å². The van der Waals surface area contributed by atoms with Crippen LogP contribution in [0, 0.1) is 5.82 Å². The van der Waals surface area contributed by atoms with Gasteiger partial charge in [0, 0.05) is 31.7 Å². The standard InChI is InChI=1S/C19H29FN4O4S/c1-19(2,3)21-17(25)13-22(4)14-18(26)23-9-11-24(12-10-23)29(27,28)16-8-6-5-7-15(16)20/h5-8H,9-14H2,1-4H3,(H,21,25)/p+1. The van der Waals surface area contributed by atoms with E-state index in [0.29, 0.717) is 0 Å². The molecule has 1 unspecified atom stereocenters. The Labute approximate surface area is 171 Å². The average molecular weight is 430 g/mol. The SMILES string of the molecule is C[NH+](CC(=O)NC(C)(C)C)CC(=O)N1CCN(S(=O)(=O)c2ccccc2F)CC1. The van der Waals surface area contributed by atoms with Crippen molar-refractivity contribution in [1.29, 1.82) is 0 Å². The molecule has 0 saturated carbocycles. The van der Waals surface area contributed by atoms with Gasteiger partial charge in [-0.1, -0.05) is 12.1 Å². The fourth-order valence-corrected chi connectivity index (χ4v) is 4.63. The van der Waals surface area contributed by atoms with Gasteiger partial charge in [-0.05, 0) is 32.9 Å². The largest absolute Gasteiger partial charge is 0.347 e.